The topological polar surface area (TPSA) is 104 Å². The van der Waals surface area contributed by atoms with Gasteiger partial charge in [0.25, 0.3) is 5.97 Å². The SMILES string of the molecule is CC(=O)O.CCC(N)(CO)CO. The molecule has 0 spiro atoms. The Bertz CT molecular complexity index is 110. The summed E-state index contributed by atoms with van der Waals surface area (Å²) in [6.07, 6.45) is 0.597. The fourth-order valence-corrected chi connectivity index (χ4v) is 0.274. The maximum Gasteiger partial charge on any atom is 0.300 e. The van der Waals surface area contributed by atoms with E-state index in [4.69, 9.17) is 25.8 Å². The number of hydrogen-bond donors (Lipinski definition) is 4. The fraction of sp³-hybridized carbons (Fsp3) is 0.857. The van der Waals surface area contributed by atoms with Crippen LogP contribution in [0.15, 0.2) is 0 Å². The Morgan fingerprint density at radius 2 is 1.67 bits per heavy atom. The van der Waals surface area contributed by atoms with Gasteiger partial charge in [0.1, 0.15) is 0 Å². The van der Waals surface area contributed by atoms with Crippen LogP contribution >= 0.6 is 0 Å². The zero-order chi connectivity index (χ0) is 10.2. The lowest BCUT2D eigenvalue weighted by atomic mass is 10.0. The summed E-state index contributed by atoms with van der Waals surface area (Å²) in [5.74, 6) is -0.833. The summed E-state index contributed by atoms with van der Waals surface area (Å²) in [5.41, 5.74) is 4.63. The molecule has 12 heavy (non-hydrogen) atoms. The van der Waals surface area contributed by atoms with Crippen LogP contribution in [0.5, 0.6) is 0 Å². The predicted molar refractivity (Wildman–Crippen MR) is 44.7 cm³/mol. The minimum atomic E-state index is -0.833. The first-order valence-electron chi connectivity index (χ1n) is 3.62. The second kappa shape index (κ2) is 7.02. The average molecular weight is 179 g/mol. The molecule has 0 heterocycles. The van der Waals surface area contributed by atoms with Crippen LogP contribution in [0.2, 0.25) is 0 Å². The number of nitrogens with two attached hydrogens (primary N) is 1. The normalized spacial score (nSPS) is 10.1. The molecule has 0 aliphatic carbocycles. The number of aliphatic carboxylic acids is 1. The summed E-state index contributed by atoms with van der Waals surface area (Å²) in [6.45, 7) is 2.60. The molecule has 5 heteroatoms. The van der Waals surface area contributed by atoms with Crippen molar-refractivity contribution in [1.29, 1.82) is 0 Å². The van der Waals surface area contributed by atoms with Crippen LogP contribution < -0.4 is 5.73 Å². The zero-order valence-electron chi connectivity index (χ0n) is 7.45. The Labute approximate surface area is 71.8 Å². The van der Waals surface area contributed by atoms with Crippen molar-refractivity contribution in [3.8, 4) is 0 Å². The first-order chi connectivity index (χ1) is 5.41. The third-order valence-corrected chi connectivity index (χ3v) is 1.33. The molecule has 0 rings (SSSR count). The number of carboxylic acid groups (broad SMARTS) is 1. The molecule has 0 fully saturated rings. The molecule has 0 aromatic heterocycles. The minimum Gasteiger partial charge on any atom is -0.481 e. The highest BCUT2D eigenvalue weighted by Gasteiger charge is 2.19. The van der Waals surface area contributed by atoms with Gasteiger partial charge in [-0.15, -0.1) is 0 Å². The highest BCUT2D eigenvalue weighted by molar-refractivity contribution is 5.62. The van der Waals surface area contributed by atoms with Crippen molar-refractivity contribution >= 4 is 5.97 Å². The first kappa shape index (κ1) is 13.9. The number of rotatable bonds is 3. The van der Waals surface area contributed by atoms with Crippen LogP contribution in [0.3, 0.4) is 0 Å². The Balaban J connectivity index is 0. The number of carboxylic acids is 1. The Kier molecular flexibility index (Phi) is 8.14. The molecular formula is C7H17NO4. The highest BCUT2D eigenvalue weighted by atomic mass is 16.4. The molecule has 5 nitrogen and oxygen atoms in total. The first-order valence-corrected chi connectivity index (χ1v) is 3.62. The van der Waals surface area contributed by atoms with Gasteiger partial charge < -0.3 is 21.1 Å². The van der Waals surface area contributed by atoms with Crippen LogP contribution in [0.1, 0.15) is 20.3 Å². The molecule has 0 bridgehead atoms. The van der Waals surface area contributed by atoms with Crippen molar-refractivity contribution in [3.05, 3.63) is 0 Å². The Morgan fingerprint density at radius 3 is 1.67 bits per heavy atom. The molecule has 0 saturated carbocycles. The van der Waals surface area contributed by atoms with Crippen molar-refractivity contribution < 1.29 is 20.1 Å². The van der Waals surface area contributed by atoms with E-state index in [9.17, 15) is 0 Å². The van der Waals surface area contributed by atoms with Gasteiger partial charge in [0.05, 0.1) is 18.8 Å². The van der Waals surface area contributed by atoms with Gasteiger partial charge >= 0.3 is 0 Å². The summed E-state index contributed by atoms with van der Waals surface area (Å²) >= 11 is 0. The predicted octanol–water partition coefficient (Wildman–Crippen LogP) is -0.831. The maximum atomic E-state index is 9.00. The van der Waals surface area contributed by atoms with Crippen LogP contribution in [0.25, 0.3) is 0 Å². The molecule has 5 N–H and O–H groups in total. The molecular weight excluding hydrogens is 162 g/mol. The maximum absolute atomic E-state index is 9.00. The molecule has 0 unspecified atom stereocenters. The van der Waals surface area contributed by atoms with E-state index >= 15 is 0 Å². The van der Waals surface area contributed by atoms with E-state index in [0.717, 1.165) is 6.92 Å². The summed E-state index contributed by atoms with van der Waals surface area (Å²) in [4.78, 5) is 9.00. The Morgan fingerprint density at radius 1 is 1.42 bits per heavy atom. The second-order valence-corrected chi connectivity index (χ2v) is 2.55. The van der Waals surface area contributed by atoms with Gasteiger partial charge in [-0.3, -0.25) is 4.79 Å². The van der Waals surface area contributed by atoms with Gasteiger partial charge in [0, 0.05) is 6.92 Å². The average Bonchev–Trinajstić information content (AvgIpc) is 2.02. The number of carbonyl (C=O) groups is 1. The van der Waals surface area contributed by atoms with E-state index in [1.165, 1.54) is 0 Å². The summed E-state index contributed by atoms with van der Waals surface area (Å²) < 4.78 is 0. The molecule has 0 aliphatic heterocycles. The molecule has 0 saturated heterocycles. The standard InChI is InChI=1S/C5H13NO2.C2H4O2/c1-2-5(6,3-7)4-8;1-2(3)4/h7-8H,2-4,6H2,1H3;1H3,(H,3,4). The van der Waals surface area contributed by atoms with Crippen molar-refractivity contribution in [2.75, 3.05) is 13.2 Å². The van der Waals surface area contributed by atoms with Gasteiger partial charge in [0.2, 0.25) is 0 Å². The van der Waals surface area contributed by atoms with E-state index < -0.39 is 11.5 Å². The summed E-state index contributed by atoms with van der Waals surface area (Å²) in [5, 5.41) is 24.4. The number of hydrogen-bond acceptors (Lipinski definition) is 4. The van der Waals surface area contributed by atoms with Crippen LogP contribution in [0.4, 0.5) is 0 Å². The van der Waals surface area contributed by atoms with E-state index in [1.807, 2.05) is 6.92 Å². The van der Waals surface area contributed by atoms with E-state index in [2.05, 4.69) is 0 Å². The zero-order valence-corrected chi connectivity index (χ0v) is 7.45. The monoisotopic (exact) mass is 179 g/mol. The highest BCUT2D eigenvalue weighted by Crippen LogP contribution is 2.01. The van der Waals surface area contributed by atoms with Crippen LogP contribution in [0, 0.1) is 0 Å². The summed E-state index contributed by atoms with van der Waals surface area (Å²) in [7, 11) is 0. The molecule has 74 valence electrons. The third-order valence-electron chi connectivity index (χ3n) is 1.33. The third kappa shape index (κ3) is 9.35. The van der Waals surface area contributed by atoms with E-state index in [1.54, 1.807) is 0 Å². The van der Waals surface area contributed by atoms with Crippen LogP contribution in [-0.4, -0.2) is 40.0 Å². The molecule has 0 aliphatic rings. The quantitative estimate of drug-likeness (QED) is 0.452. The minimum absolute atomic E-state index is 0.153. The van der Waals surface area contributed by atoms with Crippen molar-refractivity contribution in [2.24, 2.45) is 5.73 Å². The number of aliphatic hydroxyl groups excluding tert-OH is 2. The van der Waals surface area contributed by atoms with Gasteiger partial charge in [0.15, 0.2) is 0 Å². The Hall–Kier alpha value is -0.650. The summed E-state index contributed by atoms with van der Waals surface area (Å²) in [6, 6.07) is 0. The lowest BCUT2D eigenvalue weighted by Gasteiger charge is -2.21. The fourth-order valence-electron chi connectivity index (χ4n) is 0.274. The number of aliphatic hydroxyl groups is 2. The molecule has 0 amide bonds. The van der Waals surface area contributed by atoms with Crippen molar-refractivity contribution in [2.45, 2.75) is 25.8 Å². The van der Waals surface area contributed by atoms with Gasteiger partial charge in [-0.05, 0) is 6.42 Å². The molecule has 0 aromatic carbocycles. The smallest absolute Gasteiger partial charge is 0.300 e. The van der Waals surface area contributed by atoms with Gasteiger partial charge in [-0.25, -0.2) is 0 Å². The lowest BCUT2D eigenvalue weighted by Crippen LogP contribution is -2.46. The van der Waals surface area contributed by atoms with Crippen LogP contribution in [-0.2, 0) is 4.79 Å². The van der Waals surface area contributed by atoms with E-state index in [0.29, 0.717) is 6.42 Å². The van der Waals surface area contributed by atoms with E-state index in [-0.39, 0.29) is 13.2 Å². The van der Waals surface area contributed by atoms with Crippen molar-refractivity contribution in [1.82, 2.24) is 0 Å². The molecule has 0 aromatic rings. The van der Waals surface area contributed by atoms with Crippen molar-refractivity contribution in [3.63, 3.8) is 0 Å². The van der Waals surface area contributed by atoms with Gasteiger partial charge in [-0.2, -0.15) is 0 Å². The molecule has 0 radical (unpaired) electrons. The lowest BCUT2D eigenvalue weighted by molar-refractivity contribution is -0.134. The largest absolute Gasteiger partial charge is 0.481 e. The molecule has 0 atom stereocenters. The van der Waals surface area contributed by atoms with Gasteiger partial charge in [-0.1, -0.05) is 6.92 Å². The second-order valence-electron chi connectivity index (χ2n) is 2.55.